The van der Waals surface area contributed by atoms with Crippen molar-refractivity contribution in [1.29, 1.82) is 0 Å². The van der Waals surface area contributed by atoms with Gasteiger partial charge in [-0.25, -0.2) is 4.79 Å². The van der Waals surface area contributed by atoms with E-state index in [-0.39, 0.29) is 31.0 Å². The standard InChI is InChI=1S/C14H29N3O3/c1-5-10(4)12(16-14(15)20)13(19)17(8-9-18)11(6-2)7-3/h10-12,18H,5-9H2,1-4H3,(H3,15,16,20). The first-order valence-corrected chi connectivity index (χ1v) is 7.40. The van der Waals surface area contributed by atoms with E-state index >= 15 is 0 Å². The number of carbonyl (C=O) groups excluding carboxylic acids is 2. The highest BCUT2D eigenvalue weighted by molar-refractivity contribution is 5.87. The number of nitrogens with zero attached hydrogens (tertiary/aromatic N) is 1. The van der Waals surface area contributed by atoms with Gasteiger partial charge >= 0.3 is 6.03 Å². The zero-order valence-electron chi connectivity index (χ0n) is 13.1. The van der Waals surface area contributed by atoms with Crippen molar-refractivity contribution in [3.63, 3.8) is 0 Å². The van der Waals surface area contributed by atoms with Gasteiger partial charge in [0.15, 0.2) is 0 Å². The number of urea groups is 1. The van der Waals surface area contributed by atoms with Gasteiger partial charge in [0.2, 0.25) is 5.91 Å². The smallest absolute Gasteiger partial charge is 0.312 e. The second kappa shape index (κ2) is 9.58. The maximum absolute atomic E-state index is 12.7. The van der Waals surface area contributed by atoms with E-state index in [2.05, 4.69) is 5.32 Å². The van der Waals surface area contributed by atoms with Gasteiger partial charge in [-0.3, -0.25) is 4.79 Å². The largest absolute Gasteiger partial charge is 0.395 e. The molecule has 0 fully saturated rings. The van der Waals surface area contributed by atoms with Crippen molar-refractivity contribution in [3.8, 4) is 0 Å². The summed E-state index contributed by atoms with van der Waals surface area (Å²) in [7, 11) is 0. The normalized spacial score (nSPS) is 13.9. The molecule has 0 aliphatic heterocycles. The van der Waals surface area contributed by atoms with Crippen molar-refractivity contribution in [2.75, 3.05) is 13.2 Å². The number of rotatable bonds is 9. The molecule has 0 aliphatic rings. The molecular weight excluding hydrogens is 258 g/mol. The fourth-order valence-corrected chi connectivity index (χ4v) is 2.32. The monoisotopic (exact) mass is 287 g/mol. The average Bonchev–Trinajstić information content (AvgIpc) is 2.43. The predicted molar refractivity (Wildman–Crippen MR) is 79.1 cm³/mol. The molecule has 20 heavy (non-hydrogen) atoms. The maximum atomic E-state index is 12.7. The molecule has 0 saturated heterocycles. The summed E-state index contributed by atoms with van der Waals surface area (Å²) in [5.74, 6) is -0.175. The zero-order valence-corrected chi connectivity index (χ0v) is 13.1. The number of nitrogens with one attached hydrogen (secondary N) is 1. The third-order valence-electron chi connectivity index (χ3n) is 3.78. The van der Waals surface area contributed by atoms with Crippen LogP contribution in [-0.2, 0) is 4.79 Å². The molecule has 2 atom stereocenters. The van der Waals surface area contributed by atoms with Gasteiger partial charge in [0.25, 0.3) is 0 Å². The molecule has 0 aromatic rings. The molecule has 0 radical (unpaired) electrons. The van der Waals surface area contributed by atoms with E-state index in [1.54, 1.807) is 4.90 Å². The Bertz CT molecular complexity index is 306. The van der Waals surface area contributed by atoms with Gasteiger partial charge in [-0.2, -0.15) is 0 Å². The number of aliphatic hydroxyl groups excluding tert-OH is 1. The number of amides is 3. The van der Waals surface area contributed by atoms with Gasteiger partial charge in [-0.05, 0) is 18.8 Å². The van der Waals surface area contributed by atoms with Gasteiger partial charge in [0.1, 0.15) is 6.04 Å². The van der Waals surface area contributed by atoms with E-state index in [0.717, 1.165) is 19.3 Å². The lowest BCUT2D eigenvalue weighted by molar-refractivity contribution is -0.137. The van der Waals surface area contributed by atoms with E-state index in [9.17, 15) is 14.7 Å². The van der Waals surface area contributed by atoms with E-state index in [0.29, 0.717) is 0 Å². The number of hydrogen-bond acceptors (Lipinski definition) is 3. The van der Waals surface area contributed by atoms with Crippen LogP contribution in [0, 0.1) is 5.92 Å². The third kappa shape index (κ3) is 5.36. The summed E-state index contributed by atoms with van der Waals surface area (Å²) in [4.78, 5) is 25.4. The highest BCUT2D eigenvalue weighted by Gasteiger charge is 2.31. The number of carbonyl (C=O) groups is 2. The minimum absolute atomic E-state index is 0.00875. The van der Waals surface area contributed by atoms with Crippen molar-refractivity contribution in [1.82, 2.24) is 10.2 Å². The summed E-state index contributed by atoms with van der Waals surface area (Å²) >= 11 is 0. The van der Waals surface area contributed by atoms with Crippen LogP contribution < -0.4 is 11.1 Å². The van der Waals surface area contributed by atoms with Gasteiger partial charge < -0.3 is 21.1 Å². The number of aliphatic hydroxyl groups is 1. The Hall–Kier alpha value is -1.30. The number of nitrogens with two attached hydrogens (primary N) is 1. The Morgan fingerprint density at radius 3 is 2.10 bits per heavy atom. The van der Waals surface area contributed by atoms with Crippen LogP contribution in [0.4, 0.5) is 4.79 Å². The topological polar surface area (TPSA) is 95.7 Å². The van der Waals surface area contributed by atoms with Crippen molar-refractivity contribution < 1.29 is 14.7 Å². The Morgan fingerprint density at radius 2 is 1.75 bits per heavy atom. The van der Waals surface area contributed by atoms with E-state index in [1.165, 1.54) is 0 Å². The van der Waals surface area contributed by atoms with Crippen LogP contribution in [0.15, 0.2) is 0 Å². The molecule has 0 aliphatic carbocycles. The second-order valence-electron chi connectivity index (χ2n) is 5.10. The van der Waals surface area contributed by atoms with Gasteiger partial charge in [0.05, 0.1) is 6.61 Å². The van der Waals surface area contributed by atoms with Crippen LogP contribution >= 0.6 is 0 Å². The molecule has 118 valence electrons. The van der Waals surface area contributed by atoms with E-state index < -0.39 is 12.1 Å². The summed E-state index contributed by atoms with van der Waals surface area (Å²) in [6.45, 7) is 8.06. The van der Waals surface area contributed by atoms with E-state index in [1.807, 2.05) is 27.7 Å². The molecule has 3 amide bonds. The quantitative estimate of drug-likeness (QED) is 0.592. The fourth-order valence-electron chi connectivity index (χ4n) is 2.32. The lowest BCUT2D eigenvalue weighted by Crippen LogP contribution is -2.55. The van der Waals surface area contributed by atoms with Crippen molar-refractivity contribution in [2.24, 2.45) is 11.7 Å². The molecule has 6 nitrogen and oxygen atoms in total. The van der Waals surface area contributed by atoms with Crippen LogP contribution in [0.1, 0.15) is 47.0 Å². The van der Waals surface area contributed by atoms with Crippen LogP contribution in [0.25, 0.3) is 0 Å². The van der Waals surface area contributed by atoms with Gasteiger partial charge in [-0.1, -0.05) is 34.1 Å². The lowest BCUT2D eigenvalue weighted by Gasteiger charge is -2.35. The molecule has 2 unspecified atom stereocenters. The van der Waals surface area contributed by atoms with Gasteiger partial charge in [-0.15, -0.1) is 0 Å². The average molecular weight is 287 g/mol. The van der Waals surface area contributed by atoms with Crippen LogP contribution in [0.5, 0.6) is 0 Å². The Labute approximate surface area is 121 Å². The van der Waals surface area contributed by atoms with Crippen molar-refractivity contribution in [3.05, 3.63) is 0 Å². The summed E-state index contributed by atoms with van der Waals surface area (Å²) in [6.07, 6.45) is 2.38. The summed E-state index contributed by atoms with van der Waals surface area (Å²) in [5.41, 5.74) is 5.17. The summed E-state index contributed by atoms with van der Waals surface area (Å²) < 4.78 is 0. The minimum atomic E-state index is -0.697. The SMILES string of the molecule is CCC(C)C(NC(N)=O)C(=O)N(CCO)C(CC)CC. The highest BCUT2D eigenvalue weighted by Crippen LogP contribution is 2.15. The van der Waals surface area contributed by atoms with Crippen LogP contribution in [0.3, 0.4) is 0 Å². The first kappa shape index (κ1) is 18.7. The Morgan fingerprint density at radius 1 is 1.20 bits per heavy atom. The molecular formula is C14H29N3O3. The Kier molecular flexibility index (Phi) is 8.96. The molecule has 6 heteroatoms. The van der Waals surface area contributed by atoms with Crippen LogP contribution in [-0.4, -0.2) is 47.2 Å². The minimum Gasteiger partial charge on any atom is -0.395 e. The van der Waals surface area contributed by atoms with Crippen molar-refractivity contribution in [2.45, 2.75) is 59.0 Å². The molecule has 0 aromatic carbocycles. The molecule has 0 bridgehead atoms. The lowest BCUT2D eigenvalue weighted by atomic mass is 9.96. The molecule has 0 rings (SSSR count). The molecule has 0 saturated carbocycles. The molecule has 0 spiro atoms. The highest BCUT2D eigenvalue weighted by atomic mass is 16.3. The first-order chi connectivity index (χ1) is 9.42. The zero-order chi connectivity index (χ0) is 15.7. The third-order valence-corrected chi connectivity index (χ3v) is 3.78. The number of primary amides is 1. The second-order valence-corrected chi connectivity index (χ2v) is 5.10. The summed E-state index contributed by atoms with van der Waals surface area (Å²) in [5, 5.41) is 11.7. The fraction of sp³-hybridized carbons (Fsp3) is 0.857. The van der Waals surface area contributed by atoms with Crippen molar-refractivity contribution >= 4 is 11.9 Å². The van der Waals surface area contributed by atoms with E-state index in [4.69, 9.17) is 5.73 Å². The van der Waals surface area contributed by atoms with Crippen LogP contribution in [0.2, 0.25) is 0 Å². The molecule has 0 aromatic heterocycles. The number of hydrogen-bond donors (Lipinski definition) is 3. The Balaban J connectivity index is 5.17. The maximum Gasteiger partial charge on any atom is 0.312 e. The molecule has 0 heterocycles. The predicted octanol–water partition coefficient (Wildman–Crippen LogP) is 1.08. The first-order valence-electron chi connectivity index (χ1n) is 7.40. The summed E-state index contributed by atoms with van der Waals surface area (Å²) in [6, 6.07) is -1.27. The molecule has 4 N–H and O–H groups in total. The van der Waals surface area contributed by atoms with Gasteiger partial charge in [0, 0.05) is 12.6 Å².